The number of carbonyl (C=O) groups is 1. The van der Waals surface area contributed by atoms with Crippen LogP contribution in [0.5, 0.6) is 5.75 Å². The molecule has 1 heterocycles. The molecule has 4 rings (SSSR count). The molecule has 0 N–H and O–H groups in total. The van der Waals surface area contributed by atoms with E-state index in [0.717, 1.165) is 30.0 Å². The van der Waals surface area contributed by atoms with Crippen LogP contribution in [0.1, 0.15) is 33.9 Å². The van der Waals surface area contributed by atoms with Gasteiger partial charge in [-0.15, -0.1) is 0 Å². The summed E-state index contributed by atoms with van der Waals surface area (Å²) in [6, 6.07) is 25.6. The highest BCUT2D eigenvalue weighted by atomic mass is 16.5. The Morgan fingerprint density at radius 2 is 1.41 bits per heavy atom. The van der Waals surface area contributed by atoms with E-state index in [1.807, 2.05) is 17.9 Å². The van der Waals surface area contributed by atoms with E-state index in [4.69, 9.17) is 4.74 Å². The summed E-state index contributed by atoms with van der Waals surface area (Å²) in [4.78, 5) is 17.3. The molecule has 4 heteroatoms. The van der Waals surface area contributed by atoms with Crippen LogP contribution in [0.15, 0.2) is 72.8 Å². The first kappa shape index (κ1) is 22.1. The number of hydrogen-bond donors (Lipinski definition) is 0. The molecule has 1 amide bonds. The highest BCUT2D eigenvalue weighted by Crippen LogP contribution is 2.29. The molecule has 0 aromatic heterocycles. The molecule has 0 bridgehead atoms. The Balaban J connectivity index is 1.40. The zero-order chi connectivity index (χ0) is 22.5. The fourth-order valence-electron chi connectivity index (χ4n) is 4.50. The van der Waals surface area contributed by atoms with Crippen molar-refractivity contribution >= 4 is 5.91 Å². The Kier molecular flexibility index (Phi) is 6.91. The number of amides is 1. The van der Waals surface area contributed by atoms with Crippen molar-refractivity contribution in [1.82, 2.24) is 9.80 Å². The lowest BCUT2D eigenvalue weighted by Crippen LogP contribution is -2.51. The van der Waals surface area contributed by atoms with Gasteiger partial charge in [0, 0.05) is 26.2 Å². The first-order chi connectivity index (χ1) is 15.5. The molecule has 1 fully saturated rings. The lowest BCUT2D eigenvalue weighted by molar-refractivity contribution is -0.135. The van der Waals surface area contributed by atoms with Crippen LogP contribution in [0.3, 0.4) is 0 Å². The number of hydrogen-bond acceptors (Lipinski definition) is 3. The van der Waals surface area contributed by atoms with Crippen LogP contribution in [0.25, 0.3) is 0 Å². The predicted molar refractivity (Wildman–Crippen MR) is 129 cm³/mol. The van der Waals surface area contributed by atoms with Crippen LogP contribution >= 0.6 is 0 Å². The third kappa shape index (κ3) is 5.03. The minimum Gasteiger partial charge on any atom is -0.483 e. The molecule has 3 aromatic carbocycles. The molecule has 32 heavy (non-hydrogen) atoms. The molecular weight excluding hydrogens is 396 g/mol. The molecule has 1 saturated heterocycles. The molecule has 0 saturated carbocycles. The lowest BCUT2D eigenvalue weighted by Gasteiger charge is -2.39. The second-order valence-electron chi connectivity index (χ2n) is 8.63. The fraction of sp³-hybridized carbons (Fsp3) is 0.321. The molecule has 1 aliphatic rings. The molecule has 0 atom stereocenters. The third-order valence-corrected chi connectivity index (χ3v) is 6.38. The molecule has 3 aromatic rings. The SMILES string of the molecule is Cc1cc(C)c(C)c(OCC(=O)N2CCN(C(c3ccccc3)c3ccccc3)CC2)c1. The van der Waals surface area contributed by atoms with Gasteiger partial charge in [0.1, 0.15) is 5.75 Å². The van der Waals surface area contributed by atoms with E-state index in [1.54, 1.807) is 0 Å². The largest absolute Gasteiger partial charge is 0.483 e. The lowest BCUT2D eigenvalue weighted by atomic mass is 9.96. The summed E-state index contributed by atoms with van der Waals surface area (Å²) in [7, 11) is 0. The Morgan fingerprint density at radius 1 is 0.844 bits per heavy atom. The van der Waals surface area contributed by atoms with E-state index in [1.165, 1.54) is 16.7 Å². The fourth-order valence-corrected chi connectivity index (χ4v) is 4.50. The van der Waals surface area contributed by atoms with E-state index in [-0.39, 0.29) is 18.6 Å². The molecular formula is C28H32N2O2. The first-order valence-corrected chi connectivity index (χ1v) is 11.4. The summed E-state index contributed by atoms with van der Waals surface area (Å²) in [6.45, 7) is 9.35. The molecule has 0 radical (unpaired) electrons. The number of nitrogens with zero attached hydrogens (tertiary/aromatic N) is 2. The van der Waals surface area contributed by atoms with Gasteiger partial charge in [-0.2, -0.15) is 0 Å². The van der Waals surface area contributed by atoms with E-state index in [0.29, 0.717) is 13.1 Å². The van der Waals surface area contributed by atoms with Crippen molar-refractivity contribution in [3.8, 4) is 5.75 Å². The van der Waals surface area contributed by atoms with Crippen LogP contribution in [0, 0.1) is 20.8 Å². The van der Waals surface area contributed by atoms with Crippen LogP contribution in [0.4, 0.5) is 0 Å². The normalized spacial score (nSPS) is 14.6. The number of carbonyl (C=O) groups excluding carboxylic acids is 1. The Labute approximate surface area is 191 Å². The van der Waals surface area contributed by atoms with Crippen molar-refractivity contribution in [3.05, 3.63) is 101 Å². The summed E-state index contributed by atoms with van der Waals surface area (Å²) in [5.74, 6) is 0.863. The monoisotopic (exact) mass is 428 g/mol. The molecule has 4 nitrogen and oxygen atoms in total. The topological polar surface area (TPSA) is 32.8 Å². The second-order valence-corrected chi connectivity index (χ2v) is 8.63. The smallest absolute Gasteiger partial charge is 0.260 e. The highest BCUT2D eigenvalue weighted by Gasteiger charge is 2.28. The number of aryl methyl sites for hydroxylation is 2. The highest BCUT2D eigenvalue weighted by molar-refractivity contribution is 5.78. The van der Waals surface area contributed by atoms with Gasteiger partial charge < -0.3 is 9.64 Å². The maximum atomic E-state index is 12.9. The van der Waals surface area contributed by atoms with Crippen LogP contribution in [-0.2, 0) is 4.79 Å². The first-order valence-electron chi connectivity index (χ1n) is 11.4. The van der Waals surface area contributed by atoms with Crippen molar-refractivity contribution in [2.75, 3.05) is 32.8 Å². The Morgan fingerprint density at radius 3 is 1.97 bits per heavy atom. The average molecular weight is 429 g/mol. The van der Waals surface area contributed by atoms with Gasteiger partial charge in [0.2, 0.25) is 0 Å². The summed E-state index contributed by atoms with van der Waals surface area (Å²) in [5.41, 5.74) is 6.01. The van der Waals surface area contributed by atoms with Gasteiger partial charge >= 0.3 is 0 Å². The number of ether oxygens (including phenoxy) is 1. The standard InChI is InChI=1S/C28H32N2O2/c1-21-18-22(2)23(3)26(19-21)32-20-27(31)29-14-16-30(17-15-29)28(24-10-6-4-7-11-24)25-12-8-5-9-13-25/h4-13,18-19,28H,14-17,20H2,1-3H3. The van der Waals surface area contributed by atoms with Crippen molar-refractivity contribution in [2.45, 2.75) is 26.8 Å². The van der Waals surface area contributed by atoms with Crippen LogP contribution in [-0.4, -0.2) is 48.5 Å². The summed E-state index contributed by atoms with van der Waals surface area (Å²) >= 11 is 0. The van der Waals surface area contributed by atoms with Crippen molar-refractivity contribution in [2.24, 2.45) is 0 Å². The average Bonchev–Trinajstić information content (AvgIpc) is 2.82. The van der Waals surface area contributed by atoms with Gasteiger partial charge in [0.25, 0.3) is 5.91 Å². The zero-order valence-corrected chi connectivity index (χ0v) is 19.3. The number of benzene rings is 3. The van der Waals surface area contributed by atoms with Gasteiger partial charge in [-0.05, 0) is 54.7 Å². The van der Waals surface area contributed by atoms with E-state index in [9.17, 15) is 4.79 Å². The Bertz CT molecular complexity index is 1000. The van der Waals surface area contributed by atoms with E-state index < -0.39 is 0 Å². The van der Waals surface area contributed by atoms with E-state index in [2.05, 4.69) is 85.5 Å². The van der Waals surface area contributed by atoms with Crippen LogP contribution < -0.4 is 4.74 Å². The van der Waals surface area contributed by atoms with Gasteiger partial charge in [-0.25, -0.2) is 0 Å². The molecule has 166 valence electrons. The van der Waals surface area contributed by atoms with Crippen molar-refractivity contribution in [3.63, 3.8) is 0 Å². The van der Waals surface area contributed by atoms with Gasteiger partial charge in [-0.1, -0.05) is 66.7 Å². The van der Waals surface area contributed by atoms with Crippen molar-refractivity contribution < 1.29 is 9.53 Å². The van der Waals surface area contributed by atoms with E-state index >= 15 is 0 Å². The summed E-state index contributed by atoms with van der Waals surface area (Å²) in [6.07, 6.45) is 0. The predicted octanol–water partition coefficient (Wildman–Crippen LogP) is 4.92. The molecule has 0 spiro atoms. The zero-order valence-electron chi connectivity index (χ0n) is 19.3. The summed E-state index contributed by atoms with van der Waals surface area (Å²) in [5, 5.41) is 0. The minimum atomic E-state index is 0.0548. The van der Waals surface area contributed by atoms with Gasteiger partial charge in [0.05, 0.1) is 6.04 Å². The molecule has 0 aliphatic carbocycles. The minimum absolute atomic E-state index is 0.0548. The second kappa shape index (κ2) is 10.0. The van der Waals surface area contributed by atoms with Crippen molar-refractivity contribution in [1.29, 1.82) is 0 Å². The van der Waals surface area contributed by atoms with Crippen LogP contribution in [0.2, 0.25) is 0 Å². The summed E-state index contributed by atoms with van der Waals surface area (Å²) < 4.78 is 5.92. The Hall–Kier alpha value is -3.11. The number of piperazine rings is 1. The number of rotatable bonds is 6. The maximum absolute atomic E-state index is 12.9. The third-order valence-electron chi connectivity index (χ3n) is 6.38. The molecule has 1 aliphatic heterocycles. The quantitative estimate of drug-likeness (QED) is 0.558. The molecule has 0 unspecified atom stereocenters. The van der Waals surface area contributed by atoms with Gasteiger partial charge in [-0.3, -0.25) is 9.69 Å². The maximum Gasteiger partial charge on any atom is 0.260 e. The van der Waals surface area contributed by atoms with Gasteiger partial charge in [0.15, 0.2) is 6.61 Å².